The number of nitrogens with zero attached hydrogens (tertiary/aromatic N) is 1. The van der Waals surface area contributed by atoms with Gasteiger partial charge < -0.3 is 18.4 Å². The SMILES string of the molecule is CC(=O)OC1c2nc(C(C)C)c3c(c2C(OS(C)(C)C(C)(C)C)CC1(C)C)C1(CCOCC1)OC3c1ccc(C(F)(F)F)cc1. The van der Waals surface area contributed by atoms with Crippen LogP contribution < -0.4 is 0 Å². The third-order valence-electron chi connectivity index (χ3n) is 9.89. The summed E-state index contributed by atoms with van der Waals surface area (Å²) < 4.78 is 66.7. The highest BCUT2D eigenvalue weighted by atomic mass is 32.3. The molecule has 2 aromatic rings. The van der Waals surface area contributed by atoms with Crippen LogP contribution in [0.4, 0.5) is 13.2 Å². The number of alkyl halides is 3. The van der Waals surface area contributed by atoms with Crippen molar-refractivity contribution in [1.82, 2.24) is 4.98 Å². The van der Waals surface area contributed by atoms with Crippen molar-refractivity contribution in [2.45, 2.75) is 115 Å². The number of halogens is 3. The Morgan fingerprint density at radius 2 is 1.64 bits per heavy atom. The van der Waals surface area contributed by atoms with Crippen LogP contribution in [0.15, 0.2) is 24.3 Å². The minimum absolute atomic E-state index is 0.0429. The zero-order valence-corrected chi connectivity index (χ0v) is 29.0. The first-order valence-corrected chi connectivity index (χ1v) is 18.1. The van der Waals surface area contributed by atoms with Crippen molar-refractivity contribution >= 4 is 16.3 Å². The first-order valence-electron chi connectivity index (χ1n) is 15.8. The smallest absolute Gasteiger partial charge is 0.416 e. The van der Waals surface area contributed by atoms with Gasteiger partial charge >= 0.3 is 12.1 Å². The molecule has 1 saturated heterocycles. The van der Waals surface area contributed by atoms with E-state index in [0.29, 0.717) is 43.7 Å². The molecule has 0 bridgehead atoms. The Bertz CT molecular complexity index is 1440. The van der Waals surface area contributed by atoms with E-state index in [9.17, 15) is 18.0 Å². The molecule has 3 atom stereocenters. The fourth-order valence-corrected chi connectivity index (χ4v) is 7.86. The molecule has 0 amide bonds. The first-order chi connectivity index (χ1) is 20.7. The monoisotopic (exact) mass is 651 g/mol. The first kappa shape index (κ1) is 34.2. The molecule has 10 heteroatoms. The van der Waals surface area contributed by atoms with Crippen molar-refractivity contribution < 1.29 is 36.4 Å². The number of carbonyl (C=O) groups is 1. The number of rotatable bonds is 5. The molecule has 2 aliphatic heterocycles. The molecule has 1 fully saturated rings. The van der Waals surface area contributed by atoms with Crippen LogP contribution in [0.1, 0.15) is 138 Å². The van der Waals surface area contributed by atoms with Crippen LogP contribution in [0.5, 0.6) is 0 Å². The summed E-state index contributed by atoms with van der Waals surface area (Å²) in [5.41, 5.74) is 2.97. The van der Waals surface area contributed by atoms with Crippen molar-refractivity contribution in [2.24, 2.45) is 5.41 Å². The molecule has 1 spiro atoms. The van der Waals surface area contributed by atoms with E-state index >= 15 is 0 Å². The summed E-state index contributed by atoms with van der Waals surface area (Å²) in [6.45, 7) is 17.3. The second-order valence-corrected chi connectivity index (χ2v) is 19.0. The predicted octanol–water partition coefficient (Wildman–Crippen LogP) is 9.22. The minimum Gasteiger partial charge on any atom is -0.455 e. The standard InChI is InChI=1S/C35H48F3NO5S/c1-20(2)28-26-27(34(15-17-41-18-16-34)43-30(26)22-11-13-23(14-12-22)35(36,37)38)25-24(44-45(9,10)32(4,5)6)19-33(7,8)31(29(25)39-28)42-21(3)40/h11-14,20,24,30-31H,15-19H2,1-10H3. The predicted molar refractivity (Wildman–Crippen MR) is 170 cm³/mol. The molecule has 1 aliphatic carbocycles. The molecule has 0 radical (unpaired) electrons. The molecule has 5 rings (SSSR count). The largest absolute Gasteiger partial charge is 0.455 e. The van der Waals surface area contributed by atoms with Crippen molar-refractivity contribution in [2.75, 3.05) is 25.7 Å². The zero-order valence-electron chi connectivity index (χ0n) is 28.2. The van der Waals surface area contributed by atoms with E-state index in [1.165, 1.54) is 19.1 Å². The lowest BCUT2D eigenvalue weighted by atomic mass is 9.68. The van der Waals surface area contributed by atoms with Gasteiger partial charge in [0, 0.05) is 60.0 Å². The van der Waals surface area contributed by atoms with Gasteiger partial charge in [0.1, 0.15) is 12.2 Å². The molecule has 45 heavy (non-hydrogen) atoms. The van der Waals surface area contributed by atoms with Crippen molar-refractivity contribution in [1.29, 1.82) is 0 Å². The third kappa shape index (κ3) is 6.17. The van der Waals surface area contributed by atoms with Crippen LogP contribution >= 0.6 is 10.3 Å². The summed E-state index contributed by atoms with van der Waals surface area (Å²) in [6, 6.07) is 5.28. The van der Waals surface area contributed by atoms with E-state index in [0.717, 1.165) is 34.5 Å². The molecule has 1 aromatic carbocycles. The molecule has 250 valence electrons. The van der Waals surface area contributed by atoms with Gasteiger partial charge in [0.2, 0.25) is 0 Å². The Balaban J connectivity index is 1.83. The molecule has 3 unspecified atom stereocenters. The van der Waals surface area contributed by atoms with Gasteiger partial charge in [0.25, 0.3) is 0 Å². The van der Waals surface area contributed by atoms with Crippen LogP contribution in [-0.2, 0) is 35.0 Å². The van der Waals surface area contributed by atoms with Gasteiger partial charge in [-0.1, -0.05) is 60.6 Å². The fourth-order valence-electron chi connectivity index (χ4n) is 6.82. The molecular formula is C35H48F3NO5S. The Labute approximate surface area is 267 Å². The average molecular weight is 652 g/mol. The summed E-state index contributed by atoms with van der Waals surface area (Å²) >= 11 is 0. The lowest BCUT2D eigenvalue weighted by Crippen LogP contribution is -2.40. The topological polar surface area (TPSA) is 66.9 Å². The Kier molecular flexibility index (Phi) is 8.76. The number of benzene rings is 1. The highest BCUT2D eigenvalue weighted by Crippen LogP contribution is 2.64. The fraction of sp³-hybridized carbons (Fsp3) is 0.657. The number of pyridine rings is 1. The van der Waals surface area contributed by atoms with E-state index in [2.05, 4.69) is 61.0 Å². The Morgan fingerprint density at radius 1 is 1.04 bits per heavy atom. The zero-order chi connectivity index (χ0) is 33.3. The molecule has 0 N–H and O–H groups in total. The maximum Gasteiger partial charge on any atom is 0.416 e. The molecule has 1 aromatic heterocycles. The van der Waals surface area contributed by atoms with Crippen molar-refractivity contribution in [3.05, 3.63) is 63.5 Å². The van der Waals surface area contributed by atoms with Crippen LogP contribution in [0, 0.1) is 5.41 Å². The number of ether oxygens (including phenoxy) is 3. The van der Waals surface area contributed by atoms with Gasteiger partial charge in [-0.05, 0) is 48.1 Å². The van der Waals surface area contributed by atoms with Crippen LogP contribution in [0.25, 0.3) is 0 Å². The molecule has 0 saturated carbocycles. The van der Waals surface area contributed by atoms with Gasteiger partial charge in [0.15, 0.2) is 0 Å². The minimum atomic E-state index is -4.44. The summed E-state index contributed by atoms with van der Waals surface area (Å²) in [6.07, 6.45) is 0.0802. The van der Waals surface area contributed by atoms with E-state index in [1.807, 2.05) is 0 Å². The van der Waals surface area contributed by atoms with Crippen molar-refractivity contribution in [3.63, 3.8) is 0 Å². The summed E-state index contributed by atoms with van der Waals surface area (Å²) in [5.74, 6) is -0.425. The van der Waals surface area contributed by atoms with E-state index in [4.69, 9.17) is 23.4 Å². The lowest BCUT2D eigenvalue weighted by Gasteiger charge is -2.50. The molecule has 6 nitrogen and oxygen atoms in total. The Morgan fingerprint density at radius 3 is 2.16 bits per heavy atom. The molecule has 3 aliphatic rings. The van der Waals surface area contributed by atoms with Gasteiger partial charge in [-0.15, -0.1) is 10.3 Å². The number of esters is 1. The quantitative estimate of drug-likeness (QED) is 0.300. The Hall–Kier alpha value is -2.14. The summed E-state index contributed by atoms with van der Waals surface area (Å²) in [4.78, 5) is 17.9. The second-order valence-electron chi connectivity index (χ2n) is 15.1. The van der Waals surface area contributed by atoms with Crippen LogP contribution in [0.2, 0.25) is 0 Å². The average Bonchev–Trinajstić information content (AvgIpc) is 3.23. The van der Waals surface area contributed by atoms with Crippen LogP contribution in [-0.4, -0.2) is 41.4 Å². The van der Waals surface area contributed by atoms with Gasteiger partial charge in [0.05, 0.1) is 23.0 Å². The van der Waals surface area contributed by atoms with Gasteiger partial charge in [-0.25, -0.2) is 0 Å². The molecular weight excluding hydrogens is 603 g/mol. The third-order valence-corrected chi connectivity index (χ3v) is 13.6. The van der Waals surface area contributed by atoms with Crippen LogP contribution in [0.3, 0.4) is 0 Å². The number of carbonyl (C=O) groups excluding carboxylic acids is 1. The number of hydrogen-bond donors (Lipinski definition) is 0. The lowest BCUT2D eigenvalue weighted by molar-refractivity contribution is -0.156. The van der Waals surface area contributed by atoms with E-state index in [-0.39, 0.29) is 22.7 Å². The van der Waals surface area contributed by atoms with E-state index < -0.39 is 45.3 Å². The van der Waals surface area contributed by atoms with Gasteiger partial charge in [-0.3, -0.25) is 9.78 Å². The summed E-state index contributed by atoms with van der Waals surface area (Å²) in [7, 11) is -1.61. The van der Waals surface area contributed by atoms with Crippen molar-refractivity contribution in [3.8, 4) is 0 Å². The number of aromatic nitrogens is 1. The summed E-state index contributed by atoms with van der Waals surface area (Å²) in [5, 5.41) is 0. The second kappa shape index (κ2) is 11.5. The number of hydrogen-bond acceptors (Lipinski definition) is 6. The van der Waals surface area contributed by atoms with E-state index in [1.54, 1.807) is 0 Å². The number of fused-ring (bicyclic) bond motifs is 4. The highest BCUT2D eigenvalue weighted by molar-refractivity contribution is 8.29. The maximum absolute atomic E-state index is 13.5. The maximum atomic E-state index is 13.5. The molecule has 3 heterocycles. The normalized spacial score (nSPS) is 24.8. The highest BCUT2D eigenvalue weighted by Gasteiger charge is 2.56. The van der Waals surface area contributed by atoms with Gasteiger partial charge in [-0.2, -0.15) is 13.2 Å².